The van der Waals surface area contributed by atoms with Crippen LogP contribution in [0, 0.1) is 0 Å². The van der Waals surface area contributed by atoms with Crippen molar-refractivity contribution in [3.8, 4) is 0 Å². The van der Waals surface area contributed by atoms with Crippen LogP contribution in [0.5, 0.6) is 0 Å². The first-order valence-corrected chi connectivity index (χ1v) is 23.0. The van der Waals surface area contributed by atoms with Gasteiger partial charge in [0, 0.05) is 44.5 Å². The maximum atomic E-state index is 14.4. The summed E-state index contributed by atoms with van der Waals surface area (Å²) in [5, 5.41) is 13.7. The summed E-state index contributed by atoms with van der Waals surface area (Å²) in [5.41, 5.74) is 2.65. The number of carbonyl (C=O) groups excluding carboxylic acids is 3. The number of ether oxygens (including phenoxy) is 1. The molecule has 1 saturated carbocycles. The summed E-state index contributed by atoms with van der Waals surface area (Å²) in [6.07, 6.45) is 11.2. The number of likely N-dealkylation sites (tertiary alicyclic amines) is 2. The van der Waals surface area contributed by atoms with Gasteiger partial charge < -0.3 is 24.8 Å². The molecule has 2 N–H and O–H groups in total. The average molecular weight is 881 g/mol. The van der Waals surface area contributed by atoms with Gasteiger partial charge in [0.1, 0.15) is 17.4 Å². The number of imidazole rings is 1. The number of rotatable bonds is 9. The lowest BCUT2D eigenvalue weighted by molar-refractivity contribution is -0.135. The van der Waals surface area contributed by atoms with Gasteiger partial charge in [-0.2, -0.15) is 10.2 Å². The van der Waals surface area contributed by atoms with Crippen molar-refractivity contribution in [3.05, 3.63) is 70.2 Å². The molecule has 1 aromatic carbocycles. The van der Waals surface area contributed by atoms with Crippen LogP contribution in [0.1, 0.15) is 117 Å². The SMILES string of the molecule is Cn1c(=O)n(C2CCC(=O)NC2=O)c2cccc(C3CCN(C4CCN([C@H]5CC[C@H](n6cc(NC(=O)c7cnn8ccc(N9C[C@H]%10C[C@@H]9CO%10)nc78)c(C(F)F)n6)CC5)CC4)CC3)c21. The molecule has 3 amide bonds. The van der Waals surface area contributed by atoms with Gasteiger partial charge in [-0.05, 0) is 114 Å². The lowest BCUT2D eigenvalue weighted by atomic mass is 9.86. The van der Waals surface area contributed by atoms with Crippen LogP contribution >= 0.6 is 0 Å². The van der Waals surface area contributed by atoms with Crippen molar-refractivity contribution >= 4 is 45.9 Å². The number of nitrogens with one attached hydrogen (secondary N) is 2. The third-order valence-electron chi connectivity index (χ3n) is 15.2. The molecular formula is C45H54F2N12O5. The minimum absolute atomic E-state index is 0.00396. The van der Waals surface area contributed by atoms with Crippen molar-refractivity contribution in [2.75, 3.05) is 49.5 Å². The zero-order chi connectivity index (χ0) is 43.8. The molecule has 6 aliphatic rings. The summed E-state index contributed by atoms with van der Waals surface area (Å²) in [5.74, 6) is -0.250. The minimum atomic E-state index is -2.86. The van der Waals surface area contributed by atoms with Crippen LogP contribution in [0.3, 0.4) is 0 Å². The van der Waals surface area contributed by atoms with Crippen LogP contribution in [-0.2, 0) is 21.4 Å². The Balaban J connectivity index is 0.682. The molecule has 4 aromatic heterocycles. The summed E-state index contributed by atoms with van der Waals surface area (Å²) >= 11 is 0. The van der Waals surface area contributed by atoms with E-state index in [4.69, 9.17) is 9.72 Å². The Labute approximate surface area is 367 Å². The molecule has 1 unspecified atom stereocenters. The third kappa shape index (κ3) is 7.28. The molecule has 5 aliphatic heterocycles. The van der Waals surface area contributed by atoms with E-state index in [1.54, 1.807) is 33.3 Å². The number of nitrogens with zero attached hydrogens (tertiary/aromatic N) is 10. The Morgan fingerprint density at radius 3 is 2.34 bits per heavy atom. The molecule has 19 heteroatoms. The number of benzene rings is 1. The Kier molecular flexibility index (Phi) is 10.6. The van der Waals surface area contributed by atoms with Gasteiger partial charge in [0.2, 0.25) is 11.8 Å². The molecule has 2 bridgehead atoms. The van der Waals surface area contributed by atoms with Crippen molar-refractivity contribution in [1.82, 2.24) is 48.6 Å². The van der Waals surface area contributed by atoms with Gasteiger partial charge in [-0.1, -0.05) is 12.1 Å². The van der Waals surface area contributed by atoms with Crippen LogP contribution < -0.4 is 21.2 Å². The van der Waals surface area contributed by atoms with E-state index >= 15 is 0 Å². The van der Waals surface area contributed by atoms with Gasteiger partial charge in [0.15, 0.2) is 11.3 Å². The average Bonchev–Trinajstić information content (AvgIpc) is 4.17. The first-order chi connectivity index (χ1) is 31.1. The molecule has 0 radical (unpaired) electrons. The number of hydrogen-bond donors (Lipinski definition) is 2. The van der Waals surface area contributed by atoms with Crippen molar-refractivity contribution in [2.45, 2.75) is 119 Å². The molecule has 9 heterocycles. The largest absolute Gasteiger partial charge is 0.374 e. The van der Waals surface area contributed by atoms with E-state index in [9.17, 15) is 28.0 Å². The van der Waals surface area contributed by atoms with E-state index < -0.39 is 30.0 Å². The number of amides is 3. The summed E-state index contributed by atoms with van der Waals surface area (Å²) in [4.78, 5) is 63.9. The maximum absolute atomic E-state index is 14.4. The van der Waals surface area contributed by atoms with Gasteiger partial charge >= 0.3 is 5.69 Å². The summed E-state index contributed by atoms with van der Waals surface area (Å²) < 4.78 is 40.9. The lowest BCUT2D eigenvalue weighted by Gasteiger charge is -2.45. The van der Waals surface area contributed by atoms with Crippen LogP contribution in [0.2, 0.25) is 0 Å². The number of hydrogen-bond acceptors (Lipinski definition) is 11. The summed E-state index contributed by atoms with van der Waals surface area (Å²) in [6, 6.07) is 8.33. The summed E-state index contributed by atoms with van der Waals surface area (Å²) in [7, 11) is 1.77. The highest BCUT2D eigenvalue weighted by Gasteiger charge is 2.40. The monoisotopic (exact) mass is 880 g/mol. The van der Waals surface area contributed by atoms with Gasteiger partial charge in [-0.3, -0.25) is 33.5 Å². The number of alkyl halides is 2. The number of morpholine rings is 1. The van der Waals surface area contributed by atoms with E-state index in [2.05, 4.69) is 41.6 Å². The third-order valence-corrected chi connectivity index (χ3v) is 15.2. The fourth-order valence-electron chi connectivity index (χ4n) is 11.8. The number of aryl methyl sites for hydroxylation is 1. The molecule has 5 saturated heterocycles. The topological polar surface area (TPSA) is 169 Å². The van der Waals surface area contributed by atoms with Crippen molar-refractivity contribution < 1.29 is 27.9 Å². The van der Waals surface area contributed by atoms with Crippen molar-refractivity contribution in [2.24, 2.45) is 7.05 Å². The number of fused-ring (bicyclic) bond motifs is 4. The zero-order valence-corrected chi connectivity index (χ0v) is 36.0. The minimum Gasteiger partial charge on any atom is -0.374 e. The first kappa shape index (κ1) is 41.2. The fraction of sp³-hybridized carbons (Fsp3) is 0.578. The number of halogens is 2. The zero-order valence-electron chi connectivity index (χ0n) is 36.0. The predicted octanol–water partition coefficient (Wildman–Crippen LogP) is 4.55. The Morgan fingerprint density at radius 1 is 0.906 bits per heavy atom. The second-order valence-electron chi connectivity index (χ2n) is 18.7. The molecule has 11 rings (SSSR count). The normalized spacial score (nSPS) is 26.5. The highest BCUT2D eigenvalue weighted by Crippen LogP contribution is 2.38. The van der Waals surface area contributed by atoms with E-state index in [1.807, 2.05) is 18.2 Å². The quantitative estimate of drug-likeness (QED) is 0.199. The van der Waals surface area contributed by atoms with Crippen LogP contribution in [0.15, 0.2) is 47.7 Å². The van der Waals surface area contributed by atoms with Gasteiger partial charge in [-0.25, -0.2) is 23.1 Å². The van der Waals surface area contributed by atoms with E-state index in [-0.39, 0.29) is 47.5 Å². The number of piperidine rings is 3. The second kappa shape index (κ2) is 16.5. The van der Waals surface area contributed by atoms with E-state index in [1.165, 1.54) is 10.7 Å². The molecule has 17 nitrogen and oxygen atoms in total. The smallest absolute Gasteiger partial charge is 0.329 e. The van der Waals surface area contributed by atoms with Gasteiger partial charge in [-0.15, -0.1) is 0 Å². The molecule has 6 fully saturated rings. The Bertz CT molecular complexity index is 2670. The highest BCUT2D eigenvalue weighted by molar-refractivity contribution is 6.08. The molecule has 5 aromatic rings. The standard InChI is InChI=1S/C45H54F2N12O5/c1-53-40-32(3-2-4-35(40)59(45(53)63)36-9-10-38(60)51-44(36)62)26-11-16-54(17-12-26)28-13-18-55(19-14-28)27-5-7-29(8-6-27)58-24-34(39(52-58)41(46)47)49-43(61)33-22-48-57-20-15-37(50-42(33)57)56-23-31-21-30(56)25-64-31/h2-4,15,20,22,24,26-31,36,41H,5-14,16-19,21,23,25H2,1H3,(H,49,61)(H,51,60,62)/t27-,29-,30-,31-,36?/m1/s1. The molecule has 0 spiro atoms. The number of aromatic nitrogens is 7. The van der Waals surface area contributed by atoms with Crippen LogP contribution in [-0.4, -0.2) is 125 Å². The Morgan fingerprint density at radius 2 is 1.64 bits per heavy atom. The van der Waals surface area contributed by atoms with Gasteiger partial charge in [0.05, 0.1) is 47.7 Å². The van der Waals surface area contributed by atoms with E-state index in [0.717, 1.165) is 113 Å². The van der Waals surface area contributed by atoms with Crippen LogP contribution in [0.25, 0.3) is 16.7 Å². The number of anilines is 2. The van der Waals surface area contributed by atoms with E-state index in [0.29, 0.717) is 36.7 Å². The van der Waals surface area contributed by atoms with Crippen molar-refractivity contribution in [3.63, 3.8) is 0 Å². The van der Waals surface area contributed by atoms with Gasteiger partial charge in [0.25, 0.3) is 12.3 Å². The predicted molar refractivity (Wildman–Crippen MR) is 232 cm³/mol. The lowest BCUT2D eigenvalue weighted by Crippen LogP contribution is -2.50. The fourth-order valence-corrected chi connectivity index (χ4v) is 11.8. The number of imide groups is 1. The Hall–Kier alpha value is -5.53. The molecule has 1 aliphatic carbocycles. The number of carbonyl (C=O) groups is 3. The molecular weight excluding hydrogens is 827 g/mol. The molecule has 64 heavy (non-hydrogen) atoms. The number of para-hydroxylation sites is 1. The summed E-state index contributed by atoms with van der Waals surface area (Å²) in [6.45, 7) is 5.40. The van der Waals surface area contributed by atoms with Crippen LogP contribution in [0.4, 0.5) is 20.3 Å². The maximum Gasteiger partial charge on any atom is 0.329 e. The highest BCUT2D eigenvalue weighted by atomic mass is 19.3. The second-order valence-corrected chi connectivity index (χ2v) is 18.7. The molecule has 3 atom stereocenters. The first-order valence-electron chi connectivity index (χ1n) is 23.0. The van der Waals surface area contributed by atoms with Crippen molar-refractivity contribution in [1.29, 1.82) is 0 Å². The molecule has 338 valence electrons.